The molecule has 1 rings (SSSR count). The Morgan fingerprint density at radius 2 is 1.72 bits per heavy atom. The highest BCUT2D eigenvalue weighted by Gasteiger charge is 2.12. The molecule has 0 aliphatic heterocycles. The summed E-state index contributed by atoms with van der Waals surface area (Å²) in [5, 5.41) is 3.19. The Labute approximate surface area is 110 Å². The van der Waals surface area contributed by atoms with Crippen molar-refractivity contribution in [2.75, 3.05) is 19.6 Å². The smallest absolute Gasteiger partial charge is 0.240 e. The second-order valence-corrected chi connectivity index (χ2v) is 6.08. The summed E-state index contributed by atoms with van der Waals surface area (Å²) in [6.45, 7) is 6.07. The molecule has 1 aromatic rings. The molecule has 0 aliphatic carbocycles. The van der Waals surface area contributed by atoms with E-state index in [1.54, 1.807) is 24.3 Å². The molecule has 0 aromatic heterocycles. The van der Waals surface area contributed by atoms with Crippen molar-refractivity contribution >= 4 is 10.0 Å². The lowest BCUT2D eigenvalue weighted by Gasteiger charge is -2.07. The Hall–Kier alpha value is -0.910. The molecule has 0 heterocycles. The lowest BCUT2D eigenvalue weighted by molar-refractivity contribution is 0.573. The van der Waals surface area contributed by atoms with Crippen LogP contribution in [0.2, 0.25) is 0 Å². The fraction of sp³-hybridized carbons (Fsp3) is 0.538. The van der Waals surface area contributed by atoms with E-state index in [1.807, 2.05) is 6.92 Å². The number of aryl methyl sites for hydroxylation is 1. The van der Waals surface area contributed by atoms with Gasteiger partial charge < -0.3 is 5.32 Å². The number of benzene rings is 1. The molecule has 4 nitrogen and oxygen atoms in total. The highest BCUT2D eigenvalue weighted by Crippen LogP contribution is 2.09. The minimum absolute atomic E-state index is 0.321. The zero-order valence-electron chi connectivity index (χ0n) is 11.1. The van der Waals surface area contributed by atoms with Crippen LogP contribution in [0.1, 0.15) is 25.3 Å². The van der Waals surface area contributed by atoms with Gasteiger partial charge in [0.15, 0.2) is 0 Å². The molecule has 0 amide bonds. The van der Waals surface area contributed by atoms with E-state index in [0.29, 0.717) is 18.0 Å². The van der Waals surface area contributed by atoms with Gasteiger partial charge in [-0.05, 0) is 32.0 Å². The van der Waals surface area contributed by atoms with Crippen LogP contribution in [-0.4, -0.2) is 28.1 Å². The number of nitrogens with one attached hydrogen (secondary N) is 2. The van der Waals surface area contributed by atoms with E-state index in [4.69, 9.17) is 0 Å². The van der Waals surface area contributed by atoms with Crippen molar-refractivity contribution in [1.82, 2.24) is 10.0 Å². The van der Waals surface area contributed by atoms with Crippen molar-refractivity contribution in [2.45, 2.75) is 31.6 Å². The van der Waals surface area contributed by atoms with E-state index in [1.165, 1.54) is 0 Å². The van der Waals surface area contributed by atoms with Crippen molar-refractivity contribution in [1.29, 1.82) is 0 Å². The average Bonchev–Trinajstić information content (AvgIpc) is 2.34. The fourth-order valence-electron chi connectivity index (χ4n) is 1.50. The van der Waals surface area contributed by atoms with Crippen molar-refractivity contribution in [3.8, 4) is 0 Å². The van der Waals surface area contributed by atoms with Gasteiger partial charge in [-0.25, -0.2) is 13.1 Å². The molecular weight excluding hydrogens is 248 g/mol. The van der Waals surface area contributed by atoms with Crippen LogP contribution in [0.4, 0.5) is 0 Å². The van der Waals surface area contributed by atoms with Gasteiger partial charge in [0, 0.05) is 13.1 Å². The zero-order chi connectivity index (χ0) is 13.4. The van der Waals surface area contributed by atoms with Crippen molar-refractivity contribution in [2.24, 2.45) is 0 Å². The van der Waals surface area contributed by atoms with Crippen LogP contribution >= 0.6 is 0 Å². The van der Waals surface area contributed by atoms with Gasteiger partial charge in [0.05, 0.1) is 4.90 Å². The SMILES string of the molecule is CCCCNCCNS(=O)(=O)c1ccc(C)cc1. The molecule has 102 valence electrons. The molecule has 0 unspecified atom stereocenters. The van der Waals surface area contributed by atoms with Gasteiger partial charge in [-0.3, -0.25) is 0 Å². The Balaban J connectivity index is 2.38. The highest BCUT2D eigenvalue weighted by molar-refractivity contribution is 7.89. The normalized spacial score (nSPS) is 11.7. The van der Waals surface area contributed by atoms with Crippen LogP contribution in [0, 0.1) is 6.92 Å². The molecule has 0 spiro atoms. The Morgan fingerprint density at radius 1 is 1.06 bits per heavy atom. The molecule has 0 bridgehead atoms. The number of rotatable bonds is 8. The Bertz CT molecular complexity index is 441. The summed E-state index contributed by atoms with van der Waals surface area (Å²) in [5.41, 5.74) is 1.05. The standard InChI is InChI=1S/C13H22N2O2S/c1-3-4-9-14-10-11-15-18(16,17)13-7-5-12(2)6-8-13/h5-8,14-15H,3-4,9-11H2,1-2H3. The molecule has 0 aliphatic rings. The van der Waals surface area contributed by atoms with Gasteiger partial charge in [-0.2, -0.15) is 0 Å². The predicted octanol–water partition coefficient (Wildman–Crippen LogP) is 1.66. The lowest BCUT2D eigenvalue weighted by atomic mass is 10.2. The number of hydrogen-bond acceptors (Lipinski definition) is 3. The quantitative estimate of drug-likeness (QED) is 0.706. The Kier molecular flexibility index (Phi) is 6.32. The largest absolute Gasteiger partial charge is 0.315 e. The summed E-state index contributed by atoms with van der Waals surface area (Å²) < 4.78 is 26.4. The number of sulfonamides is 1. The molecule has 2 N–H and O–H groups in total. The summed E-state index contributed by atoms with van der Waals surface area (Å²) in [5.74, 6) is 0. The predicted molar refractivity (Wildman–Crippen MR) is 74.1 cm³/mol. The first-order valence-electron chi connectivity index (χ1n) is 6.33. The first-order chi connectivity index (χ1) is 8.56. The lowest BCUT2D eigenvalue weighted by Crippen LogP contribution is -2.32. The third-order valence-corrected chi connectivity index (χ3v) is 4.11. The summed E-state index contributed by atoms with van der Waals surface area (Å²) >= 11 is 0. The third-order valence-electron chi connectivity index (χ3n) is 2.63. The van der Waals surface area contributed by atoms with E-state index in [0.717, 1.165) is 24.9 Å². The minimum Gasteiger partial charge on any atom is -0.315 e. The molecule has 0 radical (unpaired) electrons. The van der Waals surface area contributed by atoms with Gasteiger partial charge in [0.25, 0.3) is 0 Å². The van der Waals surface area contributed by atoms with Gasteiger partial charge in [-0.1, -0.05) is 31.0 Å². The zero-order valence-corrected chi connectivity index (χ0v) is 11.9. The molecule has 0 saturated heterocycles. The van der Waals surface area contributed by atoms with Gasteiger partial charge in [0.2, 0.25) is 10.0 Å². The van der Waals surface area contributed by atoms with E-state index in [2.05, 4.69) is 17.0 Å². The first-order valence-corrected chi connectivity index (χ1v) is 7.81. The molecule has 1 aromatic carbocycles. The topological polar surface area (TPSA) is 58.2 Å². The summed E-state index contributed by atoms with van der Waals surface area (Å²) in [6, 6.07) is 6.85. The monoisotopic (exact) mass is 270 g/mol. The average molecular weight is 270 g/mol. The maximum absolute atomic E-state index is 11.9. The van der Waals surface area contributed by atoms with Crippen molar-refractivity contribution in [3.05, 3.63) is 29.8 Å². The third kappa shape index (κ3) is 5.16. The van der Waals surface area contributed by atoms with Gasteiger partial charge in [-0.15, -0.1) is 0 Å². The molecule has 0 saturated carbocycles. The number of hydrogen-bond donors (Lipinski definition) is 2. The minimum atomic E-state index is -3.36. The first kappa shape index (κ1) is 15.1. The fourth-order valence-corrected chi connectivity index (χ4v) is 2.53. The maximum atomic E-state index is 11.9. The van der Waals surface area contributed by atoms with E-state index < -0.39 is 10.0 Å². The van der Waals surface area contributed by atoms with Crippen LogP contribution in [-0.2, 0) is 10.0 Å². The van der Waals surface area contributed by atoms with Crippen molar-refractivity contribution in [3.63, 3.8) is 0 Å². The molecular formula is C13H22N2O2S. The maximum Gasteiger partial charge on any atom is 0.240 e. The summed E-state index contributed by atoms with van der Waals surface area (Å²) in [7, 11) is -3.36. The molecule has 18 heavy (non-hydrogen) atoms. The molecule has 0 atom stereocenters. The van der Waals surface area contributed by atoms with Crippen LogP contribution in [0.5, 0.6) is 0 Å². The second kappa shape index (κ2) is 7.51. The van der Waals surface area contributed by atoms with E-state index in [9.17, 15) is 8.42 Å². The van der Waals surface area contributed by atoms with Gasteiger partial charge >= 0.3 is 0 Å². The van der Waals surface area contributed by atoms with E-state index in [-0.39, 0.29) is 0 Å². The summed E-state index contributed by atoms with van der Waals surface area (Å²) in [4.78, 5) is 0.321. The van der Waals surface area contributed by atoms with Crippen LogP contribution in [0.15, 0.2) is 29.2 Å². The molecule has 5 heteroatoms. The number of unbranched alkanes of at least 4 members (excludes halogenated alkanes) is 1. The van der Waals surface area contributed by atoms with E-state index >= 15 is 0 Å². The van der Waals surface area contributed by atoms with Gasteiger partial charge in [0.1, 0.15) is 0 Å². The van der Waals surface area contributed by atoms with Crippen LogP contribution in [0.25, 0.3) is 0 Å². The van der Waals surface area contributed by atoms with Crippen LogP contribution in [0.3, 0.4) is 0 Å². The van der Waals surface area contributed by atoms with Crippen LogP contribution < -0.4 is 10.0 Å². The van der Waals surface area contributed by atoms with Crippen molar-refractivity contribution < 1.29 is 8.42 Å². The second-order valence-electron chi connectivity index (χ2n) is 4.31. The molecule has 0 fully saturated rings. The summed E-state index contributed by atoms with van der Waals surface area (Å²) in [6.07, 6.45) is 2.26. The Morgan fingerprint density at radius 3 is 2.33 bits per heavy atom. The highest BCUT2D eigenvalue weighted by atomic mass is 32.2.